The Morgan fingerprint density at radius 3 is 1.59 bits per heavy atom. The summed E-state index contributed by atoms with van der Waals surface area (Å²) in [6.45, 7) is 0. The van der Waals surface area contributed by atoms with Crippen molar-refractivity contribution in [2.45, 2.75) is 5.41 Å². The van der Waals surface area contributed by atoms with E-state index in [1.807, 2.05) is 6.07 Å². The van der Waals surface area contributed by atoms with E-state index in [0.717, 1.165) is 33.5 Å². The molecule has 0 amide bonds. The molecule has 2 nitrogen and oxygen atoms in total. The van der Waals surface area contributed by atoms with E-state index < -0.39 is 5.41 Å². The van der Waals surface area contributed by atoms with Gasteiger partial charge in [0.05, 0.1) is 16.8 Å². The van der Waals surface area contributed by atoms with Crippen LogP contribution in [0.2, 0.25) is 0 Å². The van der Waals surface area contributed by atoms with Gasteiger partial charge in [-0.2, -0.15) is 0 Å². The van der Waals surface area contributed by atoms with Gasteiger partial charge in [-0.25, -0.2) is 9.97 Å². The first-order valence-electron chi connectivity index (χ1n) is 21.0. The van der Waals surface area contributed by atoms with E-state index in [1.54, 1.807) is 0 Å². The van der Waals surface area contributed by atoms with Crippen LogP contribution in [0.25, 0.3) is 88.5 Å². The lowest BCUT2D eigenvalue weighted by Gasteiger charge is -2.34. The Balaban J connectivity index is 1.12. The van der Waals surface area contributed by atoms with E-state index in [0.29, 0.717) is 5.82 Å². The highest BCUT2D eigenvalue weighted by Crippen LogP contribution is 2.60. The Kier molecular flexibility index (Phi) is 8.11. The minimum Gasteiger partial charge on any atom is -0.228 e. The van der Waals surface area contributed by atoms with Gasteiger partial charge in [0, 0.05) is 16.7 Å². The molecule has 1 aromatic heterocycles. The van der Waals surface area contributed by atoms with Gasteiger partial charge in [0.1, 0.15) is 0 Å². The second-order valence-electron chi connectivity index (χ2n) is 16.0. The molecule has 0 atom stereocenters. The predicted octanol–water partition coefficient (Wildman–Crippen LogP) is 15.0. The Labute approximate surface area is 355 Å². The van der Waals surface area contributed by atoms with Crippen molar-refractivity contribution in [2.24, 2.45) is 0 Å². The number of fused-ring (bicyclic) bond motifs is 7. The molecule has 0 spiro atoms. The van der Waals surface area contributed by atoms with Gasteiger partial charge in [-0.05, 0) is 89.0 Å². The van der Waals surface area contributed by atoms with Gasteiger partial charge >= 0.3 is 0 Å². The van der Waals surface area contributed by atoms with Crippen molar-refractivity contribution in [2.75, 3.05) is 0 Å². The molecule has 0 fully saturated rings. The monoisotopic (exact) mass is 774 g/mol. The van der Waals surface area contributed by atoms with Crippen LogP contribution in [0.4, 0.5) is 0 Å². The predicted molar refractivity (Wildman–Crippen MR) is 254 cm³/mol. The van der Waals surface area contributed by atoms with Crippen LogP contribution < -0.4 is 0 Å². The number of nitrogens with zero attached hydrogens (tertiary/aromatic N) is 2. The van der Waals surface area contributed by atoms with E-state index in [1.165, 1.54) is 71.4 Å². The highest BCUT2D eigenvalue weighted by molar-refractivity contribution is 6.12. The smallest absolute Gasteiger partial charge is 0.160 e. The number of hydrogen-bond acceptors (Lipinski definition) is 2. The third-order valence-electron chi connectivity index (χ3n) is 12.8. The van der Waals surface area contributed by atoms with E-state index in [4.69, 9.17) is 9.97 Å². The molecule has 2 heteroatoms. The van der Waals surface area contributed by atoms with Gasteiger partial charge < -0.3 is 0 Å². The molecule has 1 heterocycles. The van der Waals surface area contributed by atoms with Gasteiger partial charge in [-0.3, -0.25) is 0 Å². The van der Waals surface area contributed by atoms with Gasteiger partial charge in [-0.1, -0.05) is 218 Å². The lowest BCUT2D eigenvalue weighted by atomic mass is 9.67. The topological polar surface area (TPSA) is 25.8 Å². The summed E-state index contributed by atoms with van der Waals surface area (Å²) in [5, 5.41) is 7.22. The molecule has 0 N–H and O–H groups in total. The third-order valence-corrected chi connectivity index (χ3v) is 12.8. The first-order valence-corrected chi connectivity index (χ1v) is 21.0. The molecule has 11 aromatic rings. The zero-order valence-corrected chi connectivity index (χ0v) is 33.3. The summed E-state index contributed by atoms with van der Waals surface area (Å²) in [5.74, 6) is 0.706. The molecule has 0 saturated carbocycles. The van der Waals surface area contributed by atoms with Gasteiger partial charge in [0.15, 0.2) is 5.82 Å². The maximum absolute atomic E-state index is 5.31. The Morgan fingerprint density at radius 1 is 0.295 bits per heavy atom. The normalized spacial score (nSPS) is 12.7. The van der Waals surface area contributed by atoms with Crippen LogP contribution in [-0.2, 0) is 5.41 Å². The molecule has 0 radical (unpaired) electrons. The fraction of sp³-hybridized carbons (Fsp3) is 0.0169. The van der Waals surface area contributed by atoms with Crippen molar-refractivity contribution in [3.63, 3.8) is 0 Å². The molecule has 284 valence electrons. The Morgan fingerprint density at radius 2 is 0.852 bits per heavy atom. The fourth-order valence-corrected chi connectivity index (χ4v) is 10.1. The molecule has 61 heavy (non-hydrogen) atoms. The fourth-order valence-electron chi connectivity index (χ4n) is 10.1. The summed E-state index contributed by atoms with van der Waals surface area (Å²) in [7, 11) is 0. The van der Waals surface area contributed by atoms with Crippen LogP contribution in [-0.4, -0.2) is 9.97 Å². The second-order valence-corrected chi connectivity index (χ2v) is 16.0. The summed E-state index contributed by atoms with van der Waals surface area (Å²) >= 11 is 0. The van der Waals surface area contributed by atoms with Gasteiger partial charge in [0.2, 0.25) is 0 Å². The molecule has 10 aromatic carbocycles. The van der Waals surface area contributed by atoms with Crippen LogP contribution in [0.5, 0.6) is 0 Å². The molecular weight excluding hydrogens is 737 g/mol. The molecular formula is C59H38N2. The summed E-state index contributed by atoms with van der Waals surface area (Å²) in [5.41, 5.74) is 14.5. The molecule has 0 aliphatic heterocycles. The number of hydrogen-bond donors (Lipinski definition) is 0. The summed E-state index contributed by atoms with van der Waals surface area (Å²) in [6, 6.07) is 83.7. The maximum atomic E-state index is 5.31. The lowest BCUT2D eigenvalue weighted by Crippen LogP contribution is -2.28. The standard InChI is InChI=1S/C59H38N2/c1-4-19-41(20-5-1)58-60-54(43-32-31-39-17-10-11-21-42(39)37-43)38-55(61-58)50-35-34-49(47-27-14-15-28-48(47)50)51-29-16-30-52-57(51)56-46-26-13-12-18-40(46)33-36-53(56)59(52,44-22-6-2-7-23-44)45-24-8-3-9-25-45/h1-38H. The highest BCUT2D eigenvalue weighted by atomic mass is 14.9. The Hall–Kier alpha value is -7.94. The second kappa shape index (κ2) is 14.1. The summed E-state index contributed by atoms with van der Waals surface area (Å²) in [6.07, 6.45) is 0. The molecule has 1 aliphatic carbocycles. The average molecular weight is 775 g/mol. The van der Waals surface area contributed by atoms with Gasteiger partial charge in [0.25, 0.3) is 0 Å². The highest BCUT2D eigenvalue weighted by Gasteiger charge is 2.47. The third kappa shape index (κ3) is 5.50. The van der Waals surface area contributed by atoms with Crippen LogP contribution in [0.3, 0.4) is 0 Å². The minimum atomic E-state index is -0.517. The quantitative estimate of drug-likeness (QED) is 0.168. The number of aromatic nitrogens is 2. The van der Waals surface area contributed by atoms with Crippen molar-refractivity contribution >= 4 is 32.3 Å². The molecule has 0 saturated heterocycles. The van der Waals surface area contributed by atoms with Gasteiger partial charge in [-0.15, -0.1) is 0 Å². The van der Waals surface area contributed by atoms with Crippen molar-refractivity contribution in [3.8, 4) is 56.2 Å². The first kappa shape index (κ1) is 35.0. The average Bonchev–Trinajstić information content (AvgIpc) is 3.66. The summed E-state index contributed by atoms with van der Waals surface area (Å²) in [4.78, 5) is 10.5. The van der Waals surface area contributed by atoms with E-state index in [-0.39, 0.29) is 0 Å². The van der Waals surface area contributed by atoms with Crippen LogP contribution in [0.15, 0.2) is 231 Å². The van der Waals surface area contributed by atoms with Crippen molar-refractivity contribution in [1.29, 1.82) is 0 Å². The van der Waals surface area contributed by atoms with Crippen molar-refractivity contribution < 1.29 is 0 Å². The number of rotatable bonds is 6. The van der Waals surface area contributed by atoms with Crippen molar-refractivity contribution in [3.05, 3.63) is 253 Å². The minimum absolute atomic E-state index is 0.517. The van der Waals surface area contributed by atoms with Crippen molar-refractivity contribution in [1.82, 2.24) is 9.97 Å². The first-order chi connectivity index (χ1) is 30.3. The zero-order valence-electron chi connectivity index (χ0n) is 33.3. The van der Waals surface area contributed by atoms with Crippen LogP contribution in [0.1, 0.15) is 22.3 Å². The maximum Gasteiger partial charge on any atom is 0.160 e. The zero-order chi connectivity index (χ0) is 40.3. The Bertz CT molecular complexity index is 3420. The van der Waals surface area contributed by atoms with E-state index in [2.05, 4.69) is 224 Å². The summed E-state index contributed by atoms with van der Waals surface area (Å²) < 4.78 is 0. The number of benzene rings is 10. The largest absolute Gasteiger partial charge is 0.228 e. The van der Waals surface area contributed by atoms with Crippen LogP contribution in [0, 0.1) is 0 Å². The molecule has 0 bridgehead atoms. The lowest BCUT2D eigenvalue weighted by molar-refractivity contribution is 0.769. The molecule has 0 unspecified atom stereocenters. The molecule has 1 aliphatic rings. The van der Waals surface area contributed by atoms with E-state index >= 15 is 0 Å². The van der Waals surface area contributed by atoms with Crippen LogP contribution >= 0.6 is 0 Å². The van der Waals surface area contributed by atoms with E-state index in [9.17, 15) is 0 Å². The molecule has 12 rings (SSSR count). The SMILES string of the molecule is c1ccc(-c2nc(-c3ccc4ccccc4c3)cc(-c3ccc(-c4cccc5c4-c4c(ccc6ccccc46)C5(c4ccccc4)c4ccccc4)c4ccccc34)n2)cc1.